The summed E-state index contributed by atoms with van der Waals surface area (Å²) in [6, 6.07) is 10.2. The highest BCUT2D eigenvalue weighted by atomic mass is 14.9. The third-order valence-corrected chi connectivity index (χ3v) is 1.98. The number of hydrogen-bond acceptors (Lipinski definition) is 1. The minimum atomic E-state index is 0.480. The third-order valence-electron chi connectivity index (χ3n) is 1.98. The molecule has 74 valence electrons. The summed E-state index contributed by atoms with van der Waals surface area (Å²) >= 11 is 0. The summed E-state index contributed by atoms with van der Waals surface area (Å²) in [7, 11) is 0. The molecule has 14 heavy (non-hydrogen) atoms. The highest BCUT2D eigenvalue weighted by Crippen LogP contribution is 2.14. The number of para-hydroxylation sites is 1. The zero-order chi connectivity index (χ0) is 10.4. The smallest absolute Gasteiger partial charge is 0.0381 e. The molecular formula is C13H17N. The van der Waals surface area contributed by atoms with Gasteiger partial charge in [0.05, 0.1) is 0 Å². The number of nitrogens with one attached hydrogen (secondary N) is 1. The molecule has 0 fully saturated rings. The Morgan fingerprint density at radius 3 is 2.43 bits per heavy atom. The molecule has 0 aliphatic heterocycles. The lowest BCUT2D eigenvalue weighted by Crippen LogP contribution is -2.05. The number of hydrogen-bond donors (Lipinski definition) is 1. The molecule has 0 saturated heterocycles. The van der Waals surface area contributed by atoms with Crippen LogP contribution >= 0.6 is 0 Å². The Labute approximate surface area is 86.2 Å². The van der Waals surface area contributed by atoms with E-state index in [0.717, 1.165) is 5.69 Å². The van der Waals surface area contributed by atoms with Gasteiger partial charge in [0.15, 0.2) is 0 Å². The molecule has 0 aliphatic rings. The van der Waals surface area contributed by atoms with Gasteiger partial charge in [0.2, 0.25) is 0 Å². The van der Waals surface area contributed by atoms with Gasteiger partial charge in [0.25, 0.3) is 0 Å². The second-order valence-corrected chi connectivity index (χ2v) is 3.50. The molecule has 0 aliphatic carbocycles. The van der Waals surface area contributed by atoms with E-state index in [2.05, 4.69) is 37.9 Å². The molecule has 0 heterocycles. The van der Waals surface area contributed by atoms with Crippen molar-refractivity contribution in [1.82, 2.24) is 0 Å². The van der Waals surface area contributed by atoms with Crippen LogP contribution in [-0.4, -0.2) is 0 Å². The zero-order valence-corrected chi connectivity index (χ0v) is 8.83. The van der Waals surface area contributed by atoms with Crippen LogP contribution in [-0.2, 0) is 0 Å². The molecule has 0 saturated carbocycles. The van der Waals surface area contributed by atoms with Crippen molar-refractivity contribution in [2.75, 3.05) is 5.32 Å². The van der Waals surface area contributed by atoms with Crippen LogP contribution in [0.4, 0.5) is 5.69 Å². The quantitative estimate of drug-likeness (QED) is 0.706. The molecule has 0 bridgehead atoms. The van der Waals surface area contributed by atoms with Gasteiger partial charge in [-0.1, -0.05) is 44.7 Å². The Balaban J connectivity index is 2.75. The third kappa shape index (κ3) is 3.09. The summed E-state index contributed by atoms with van der Waals surface area (Å²) < 4.78 is 0. The Morgan fingerprint density at radius 2 is 1.93 bits per heavy atom. The van der Waals surface area contributed by atoms with Crippen molar-refractivity contribution in [2.45, 2.75) is 13.8 Å². The van der Waals surface area contributed by atoms with Gasteiger partial charge in [-0.2, -0.15) is 0 Å². The molecule has 1 heteroatoms. The molecule has 1 nitrogen and oxygen atoms in total. The number of benzene rings is 1. The predicted octanol–water partition coefficient (Wildman–Crippen LogP) is 3.82. The molecule has 1 aromatic rings. The molecule has 0 radical (unpaired) electrons. The van der Waals surface area contributed by atoms with Crippen molar-refractivity contribution in [3.8, 4) is 0 Å². The fraction of sp³-hybridized carbons (Fsp3) is 0.231. The van der Waals surface area contributed by atoms with Gasteiger partial charge >= 0.3 is 0 Å². The maximum absolute atomic E-state index is 3.71. The Morgan fingerprint density at radius 1 is 1.29 bits per heavy atom. The molecule has 0 unspecified atom stereocenters. The van der Waals surface area contributed by atoms with E-state index in [1.165, 1.54) is 5.70 Å². The van der Waals surface area contributed by atoms with E-state index in [1.807, 2.05) is 30.4 Å². The van der Waals surface area contributed by atoms with Gasteiger partial charge in [-0.05, 0) is 24.1 Å². The van der Waals surface area contributed by atoms with Crippen LogP contribution in [0.5, 0.6) is 0 Å². The lowest BCUT2D eigenvalue weighted by Gasteiger charge is -2.13. The van der Waals surface area contributed by atoms with Crippen LogP contribution in [0.2, 0.25) is 0 Å². The van der Waals surface area contributed by atoms with E-state index >= 15 is 0 Å². The highest BCUT2D eigenvalue weighted by Gasteiger charge is 2.01. The van der Waals surface area contributed by atoms with Crippen LogP contribution in [0.15, 0.2) is 54.8 Å². The van der Waals surface area contributed by atoms with Gasteiger partial charge in [-0.3, -0.25) is 0 Å². The lowest BCUT2D eigenvalue weighted by atomic mass is 10.1. The maximum atomic E-state index is 3.71. The fourth-order valence-corrected chi connectivity index (χ4v) is 1.19. The van der Waals surface area contributed by atoms with Crippen LogP contribution in [0, 0.1) is 5.92 Å². The first-order valence-electron chi connectivity index (χ1n) is 4.88. The summed E-state index contributed by atoms with van der Waals surface area (Å²) in [6.45, 7) is 8.02. The van der Waals surface area contributed by atoms with E-state index < -0.39 is 0 Å². The average Bonchev–Trinajstić information content (AvgIpc) is 2.18. The number of anilines is 1. The summed E-state index contributed by atoms with van der Waals surface area (Å²) in [5.74, 6) is 0.480. The SMILES string of the molecule is C=C/C=C(/Nc1ccccc1)C(C)C. The summed E-state index contributed by atoms with van der Waals surface area (Å²) in [4.78, 5) is 0. The van der Waals surface area contributed by atoms with E-state index in [0.29, 0.717) is 5.92 Å². The largest absolute Gasteiger partial charge is 0.359 e. The molecule has 0 atom stereocenters. The number of allylic oxidation sites excluding steroid dienone is 3. The van der Waals surface area contributed by atoms with E-state index in [-0.39, 0.29) is 0 Å². The van der Waals surface area contributed by atoms with Crippen LogP contribution in [0.3, 0.4) is 0 Å². The Kier molecular flexibility index (Phi) is 3.99. The van der Waals surface area contributed by atoms with Gasteiger partial charge < -0.3 is 5.32 Å². The van der Waals surface area contributed by atoms with Crippen LogP contribution in [0.1, 0.15) is 13.8 Å². The predicted molar refractivity (Wildman–Crippen MR) is 63.2 cm³/mol. The van der Waals surface area contributed by atoms with Crippen molar-refractivity contribution in [3.05, 3.63) is 54.8 Å². The zero-order valence-electron chi connectivity index (χ0n) is 8.83. The summed E-state index contributed by atoms with van der Waals surface area (Å²) in [5, 5.41) is 3.37. The van der Waals surface area contributed by atoms with Gasteiger partial charge in [0, 0.05) is 11.4 Å². The minimum absolute atomic E-state index is 0.480. The van der Waals surface area contributed by atoms with Crippen LogP contribution in [0.25, 0.3) is 0 Å². The van der Waals surface area contributed by atoms with Gasteiger partial charge in [-0.15, -0.1) is 0 Å². The molecule has 0 aromatic heterocycles. The standard InChI is InChI=1S/C13H17N/c1-4-8-13(11(2)3)14-12-9-6-5-7-10-12/h4-11,14H,1H2,2-3H3/b13-8+. The first kappa shape index (κ1) is 10.6. The van der Waals surface area contributed by atoms with E-state index in [4.69, 9.17) is 0 Å². The van der Waals surface area contributed by atoms with Crippen molar-refractivity contribution in [1.29, 1.82) is 0 Å². The summed E-state index contributed by atoms with van der Waals surface area (Å²) in [5.41, 5.74) is 2.31. The van der Waals surface area contributed by atoms with Crippen molar-refractivity contribution >= 4 is 5.69 Å². The van der Waals surface area contributed by atoms with Crippen LogP contribution < -0.4 is 5.32 Å². The molecule has 1 aromatic carbocycles. The Bertz CT molecular complexity index is 309. The molecule has 0 amide bonds. The average molecular weight is 187 g/mol. The second-order valence-electron chi connectivity index (χ2n) is 3.50. The second kappa shape index (κ2) is 5.28. The van der Waals surface area contributed by atoms with Crippen molar-refractivity contribution in [2.24, 2.45) is 5.92 Å². The summed E-state index contributed by atoms with van der Waals surface area (Å²) in [6.07, 6.45) is 3.82. The topological polar surface area (TPSA) is 12.0 Å². The molecule has 0 spiro atoms. The highest BCUT2D eigenvalue weighted by molar-refractivity contribution is 5.48. The normalized spacial score (nSPS) is 11.5. The minimum Gasteiger partial charge on any atom is -0.359 e. The Hall–Kier alpha value is -1.50. The number of rotatable bonds is 4. The first-order valence-corrected chi connectivity index (χ1v) is 4.88. The lowest BCUT2D eigenvalue weighted by molar-refractivity contribution is 0.774. The fourth-order valence-electron chi connectivity index (χ4n) is 1.19. The van der Waals surface area contributed by atoms with E-state index in [9.17, 15) is 0 Å². The molecule has 1 N–H and O–H groups in total. The van der Waals surface area contributed by atoms with Gasteiger partial charge in [0.1, 0.15) is 0 Å². The maximum Gasteiger partial charge on any atom is 0.0381 e. The van der Waals surface area contributed by atoms with Gasteiger partial charge in [-0.25, -0.2) is 0 Å². The molecule has 1 rings (SSSR count). The van der Waals surface area contributed by atoms with Crippen molar-refractivity contribution in [3.63, 3.8) is 0 Å². The first-order chi connectivity index (χ1) is 6.74. The monoisotopic (exact) mass is 187 g/mol. The van der Waals surface area contributed by atoms with Crippen molar-refractivity contribution < 1.29 is 0 Å². The molecular weight excluding hydrogens is 170 g/mol. The van der Waals surface area contributed by atoms with E-state index in [1.54, 1.807) is 0 Å².